The minimum Gasteiger partial charge on any atom is -0.311 e. The fourth-order valence-corrected chi connectivity index (χ4v) is 3.04. The summed E-state index contributed by atoms with van der Waals surface area (Å²) in [4.78, 5) is 2.62. The second kappa shape index (κ2) is 7.06. The molecule has 0 aromatic heterocycles. The molecular formula is C17H28N2. The molecule has 0 spiro atoms. The average Bonchev–Trinajstić information content (AvgIpc) is 2.37. The lowest BCUT2D eigenvalue weighted by Crippen LogP contribution is -2.48. The van der Waals surface area contributed by atoms with Crippen molar-refractivity contribution in [2.75, 3.05) is 19.6 Å². The van der Waals surface area contributed by atoms with Crippen LogP contribution in [0.3, 0.4) is 0 Å². The van der Waals surface area contributed by atoms with E-state index in [1.165, 1.54) is 50.0 Å². The third-order valence-electron chi connectivity index (χ3n) is 4.03. The molecule has 19 heavy (non-hydrogen) atoms. The van der Waals surface area contributed by atoms with E-state index in [1.807, 2.05) is 0 Å². The van der Waals surface area contributed by atoms with Crippen LogP contribution >= 0.6 is 0 Å². The van der Waals surface area contributed by atoms with Crippen molar-refractivity contribution < 1.29 is 0 Å². The highest BCUT2D eigenvalue weighted by atomic mass is 15.2. The molecule has 1 aromatic rings. The zero-order valence-corrected chi connectivity index (χ0v) is 12.7. The quantitative estimate of drug-likeness (QED) is 0.875. The van der Waals surface area contributed by atoms with E-state index >= 15 is 0 Å². The van der Waals surface area contributed by atoms with Gasteiger partial charge >= 0.3 is 0 Å². The number of likely N-dealkylation sites (tertiary alicyclic amines) is 1. The summed E-state index contributed by atoms with van der Waals surface area (Å²) >= 11 is 0. The molecule has 2 heteroatoms. The van der Waals surface area contributed by atoms with Gasteiger partial charge in [-0.3, -0.25) is 0 Å². The van der Waals surface area contributed by atoms with Crippen LogP contribution in [0.4, 0.5) is 0 Å². The summed E-state index contributed by atoms with van der Waals surface area (Å²) in [5.41, 5.74) is 2.93. The van der Waals surface area contributed by atoms with Crippen LogP contribution < -0.4 is 5.32 Å². The predicted octanol–water partition coefficient (Wildman–Crippen LogP) is 3.00. The molecule has 1 aromatic carbocycles. The summed E-state index contributed by atoms with van der Waals surface area (Å²) < 4.78 is 0. The van der Waals surface area contributed by atoms with Crippen molar-refractivity contribution in [1.29, 1.82) is 0 Å². The van der Waals surface area contributed by atoms with Gasteiger partial charge in [-0.1, -0.05) is 38.1 Å². The van der Waals surface area contributed by atoms with Gasteiger partial charge in [0.1, 0.15) is 0 Å². The van der Waals surface area contributed by atoms with Gasteiger partial charge in [0.15, 0.2) is 0 Å². The molecule has 0 aliphatic carbocycles. The Kier molecular flexibility index (Phi) is 5.41. The molecule has 1 N–H and O–H groups in total. The summed E-state index contributed by atoms with van der Waals surface area (Å²) in [5, 5.41) is 3.68. The van der Waals surface area contributed by atoms with Crippen molar-refractivity contribution in [2.24, 2.45) is 0 Å². The lowest BCUT2D eigenvalue weighted by Gasteiger charge is -2.34. The highest BCUT2D eigenvalue weighted by Gasteiger charge is 2.19. The molecule has 0 bridgehead atoms. The standard InChI is InChI=1S/C17H28N2/c1-14(2)18-17-9-6-11-19(13-17)12-10-16-8-5-4-7-15(16)3/h4-5,7-8,14,17-18H,6,9-13H2,1-3H3. The molecule has 0 saturated carbocycles. The first-order chi connectivity index (χ1) is 9.15. The Balaban J connectivity index is 1.81. The maximum atomic E-state index is 3.68. The molecule has 2 nitrogen and oxygen atoms in total. The van der Waals surface area contributed by atoms with Crippen molar-refractivity contribution in [3.05, 3.63) is 35.4 Å². The number of nitrogens with zero attached hydrogens (tertiary/aromatic N) is 1. The van der Waals surface area contributed by atoms with Gasteiger partial charge in [-0.15, -0.1) is 0 Å². The van der Waals surface area contributed by atoms with Gasteiger partial charge in [0, 0.05) is 25.2 Å². The Morgan fingerprint density at radius 1 is 1.32 bits per heavy atom. The lowest BCUT2D eigenvalue weighted by atomic mass is 10.0. The topological polar surface area (TPSA) is 15.3 Å². The van der Waals surface area contributed by atoms with Gasteiger partial charge in [-0.05, 0) is 43.9 Å². The Morgan fingerprint density at radius 2 is 2.11 bits per heavy atom. The number of nitrogens with one attached hydrogen (secondary N) is 1. The largest absolute Gasteiger partial charge is 0.311 e. The van der Waals surface area contributed by atoms with E-state index < -0.39 is 0 Å². The number of aryl methyl sites for hydroxylation is 1. The predicted molar refractivity (Wildman–Crippen MR) is 82.6 cm³/mol. The van der Waals surface area contributed by atoms with Gasteiger partial charge in [0.05, 0.1) is 0 Å². The summed E-state index contributed by atoms with van der Waals surface area (Å²) in [5.74, 6) is 0. The minimum atomic E-state index is 0.598. The number of benzene rings is 1. The molecule has 1 heterocycles. The summed E-state index contributed by atoms with van der Waals surface area (Å²) in [6.07, 6.45) is 3.85. The molecule has 1 fully saturated rings. The number of hydrogen-bond donors (Lipinski definition) is 1. The van der Waals surface area contributed by atoms with E-state index in [9.17, 15) is 0 Å². The van der Waals surface area contributed by atoms with Crippen molar-refractivity contribution >= 4 is 0 Å². The molecule has 1 saturated heterocycles. The SMILES string of the molecule is Cc1ccccc1CCN1CCCC(NC(C)C)C1. The van der Waals surface area contributed by atoms with Crippen molar-refractivity contribution in [3.63, 3.8) is 0 Å². The summed E-state index contributed by atoms with van der Waals surface area (Å²) in [7, 11) is 0. The molecule has 0 amide bonds. The fraction of sp³-hybridized carbons (Fsp3) is 0.647. The minimum absolute atomic E-state index is 0.598. The molecule has 1 aliphatic heterocycles. The van der Waals surface area contributed by atoms with Crippen LogP contribution in [-0.2, 0) is 6.42 Å². The van der Waals surface area contributed by atoms with Crippen molar-refractivity contribution in [2.45, 2.75) is 52.1 Å². The molecule has 106 valence electrons. The van der Waals surface area contributed by atoms with Crippen LogP contribution in [0.25, 0.3) is 0 Å². The zero-order chi connectivity index (χ0) is 13.7. The van der Waals surface area contributed by atoms with Crippen molar-refractivity contribution in [1.82, 2.24) is 10.2 Å². The number of rotatable bonds is 5. The number of piperidine rings is 1. The lowest BCUT2D eigenvalue weighted by molar-refractivity contribution is 0.187. The van der Waals surface area contributed by atoms with Crippen LogP contribution in [0.1, 0.15) is 37.8 Å². The van der Waals surface area contributed by atoms with E-state index in [0.717, 1.165) is 0 Å². The molecular weight excluding hydrogens is 232 g/mol. The molecule has 1 atom stereocenters. The first-order valence-electron chi connectivity index (χ1n) is 7.68. The molecule has 0 radical (unpaired) electrons. The molecule has 2 rings (SSSR count). The van der Waals surface area contributed by atoms with Crippen molar-refractivity contribution in [3.8, 4) is 0 Å². The van der Waals surface area contributed by atoms with E-state index in [0.29, 0.717) is 12.1 Å². The van der Waals surface area contributed by atoms with Crippen LogP contribution in [0.5, 0.6) is 0 Å². The Morgan fingerprint density at radius 3 is 2.84 bits per heavy atom. The third kappa shape index (κ3) is 4.63. The van der Waals surface area contributed by atoms with Crippen LogP contribution in [0, 0.1) is 6.92 Å². The van der Waals surface area contributed by atoms with E-state index in [-0.39, 0.29) is 0 Å². The first-order valence-corrected chi connectivity index (χ1v) is 7.68. The Labute approximate surface area is 118 Å². The highest BCUT2D eigenvalue weighted by Crippen LogP contribution is 2.13. The monoisotopic (exact) mass is 260 g/mol. The van der Waals surface area contributed by atoms with Crippen LogP contribution in [0.2, 0.25) is 0 Å². The van der Waals surface area contributed by atoms with Crippen LogP contribution in [0.15, 0.2) is 24.3 Å². The Bertz CT molecular complexity index is 387. The average molecular weight is 260 g/mol. The van der Waals surface area contributed by atoms with Gasteiger partial charge in [0.2, 0.25) is 0 Å². The zero-order valence-electron chi connectivity index (χ0n) is 12.7. The van der Waals surface area contributed by atoms with Gasteiger partial charge in [0.25, 0.3) is 0 Å². The molecule has 1 unspecified atom stereocenters. The third-order valence-corrected chi connectivity index (χ3v) is 4.03. The second-order valence-electron chi connectivity index (χ2n) is 6.14. The normalized spacial score (nSPS) is 20.9. The van der Waals surface area contributed by atoms with Gasteiger partial charge in [-0.25, -0.2) is 0 Å². The summed E-state index contributed by atoms with van der Waals surface area (Å²) in [6.45, 7) is 10.4. The van der Waals surface area contributed by atoms with E-state index in [2.05, 4.69) is 55.3 Å². The second-order valence-corrected chi connectivity index (χ2v) is 6.14. The van der Waals surface area contributed by atoms with Gasteiger partial charge in [-0.2, -0.15) is 0 Å². The fourth-order valence-electron chi connectivity index (χ4n) is 3.04. The highest BCUT2D eigenvalue weighted by molar-refractivity contribution is 5.25. The maximum absolute atomic E-state index is 3.68. The van der Waals surface area contributed by atoms with Crippen LogP contribution in [-0.4, -0.2) is 36.6 Å². The number of hydrogen-bond acceptors (Lipinski definition) is 2. The smallest absolute Gasteiger partial charge is 0.0197 e. The van der Waals surface area contributed by atoms with Gasteiger partial charge < -0.3 is 10.2 Å². The van der Waals surface area contributed by atoms with E-state index in [4.69, 9.17) is 0 Å². The summed E-state index contributed by atoms with van der Waals surface area (Å²) in [6, 6.07) is 10.0. The first kappa shape index (κ1) is 14.5. The Hall–Kier alpha value is -0.860. The maximum Gasteiger partial charge on any atom is 0.0197 e. The van der Waals surface area contributed by atoms with E-state index in [1.54, 1.807) is 0 Å². The molecule has 1 aliphatic rings.